The third-order valence-electron chi connectivity index (χ3n) is 4.15. The summed E-state index contributed by atoms with van der Waals surface area (Å²) < 4.78 is 11.1. The third-order valence-corrected chi connectivity index (χ3v) is 4.15. The Kier molecular flexibility index (Phi) is 15.1. The van der Waals surface area contributed by atoms with Gasteiger partial charge >= 0.3 is 0 Å². The molecule has 0 aromatic carbocycles. The third kappa shape index (κ3) is 10.0. The second kappa shape index (κ2) is 15.2. The van der Waals surface area contributed by atoms with Gasteiger partial charge in [-0.05, 0) is 39.8 Å². The first-order valence-corrected chi connectivity index (χ1v) is 9.16. The van der Waals surface area contributed by atoms with Crippen LogP contribution in [-0.4, -0.2) is 75.5 Å². The maximum atomic E-state index is 5.77. The summed E-state index contributed by atoms with van der Waals surface area (Å²) in [4.78, 5) is 7.12. The predicted molar refractivity (Wildman–Crippen MR) is 112 cm³/mol. The first-order valence-electron chi connectivity index (χ1n) is 9.16. The van der Waals surface area contributed by atoms with Crippen molar-refractivity contribution in [1.82, 2.24) is 15.5 Å². The van der Waals surface area contributed by atoms with Crippen molar-refractivity contribution in [2.45, 2.75) is 52.7 Å². The van der Waals surface area contributed by atoms with Gasteiger partial charge in [-0.2, -0.15) is 0 Å². The number of nitrogens with one attached hydrogen (secondary N) is 2. The Morgan fingerprint density at radius 1 is 1.29 bits per heavy atom. The summed E-state index contributed by atoms with van der Waals surface area (Å²) in [5.74, 6) is 0.899. The molecule has 6 nitrogen and oxygen atoms in total. The van der Waals surface area contributed by atoms with Crippen LogP contribution in [-0.2, 0) is 9.47 Å². The topological polar surface area (TPSA) is 58.1 Å². The smallest absolute Gasteiger partial charge is 0.191 e. The molecule has 2 unspecified atom stereocenters. The van der Waals surface area contributed by atoms with Crippen LogP contribution in [0.2, 0.25) is 0 Å². The molecule has 0 aliphatic carbocycles. The normalized spacial score (nSPS) is 19.2. The highest BCUT2D eigenvalue weighted by Crippen LogP contribution is 2.07. The lowest BCUT2D eigenvalue weighted by atomic mass is 10.3. The fourth-order valence-electron chi connectivity index (χ4n) is 2.70. The van der Waals surface area contributed by atoms with E-state index in [0.29, 0.717) is 12.1 Å². The van der Waals surface area contributed by atoms with Crippen molar-refractivity contribution in [2.24, 2.45) is 4.99 Å². The Morgan fingerprint density at radius 3 is 2.62 bits per heavy atom. The predicted octanol–water partition coefficient (Wildman–Crippen LogP) is 2.09. The quantitative estimate of drug-likeness (QED) is 0.216. The molecule has 1 aliphatic heterocycles. The monoisotopic (exact) mass is 456 g/mol. The highest BCUT2D eigenvalue weighted by molar-refractivity contribution is 14.0. The molecule has 1 fully saturated rings. The molecule has 1 aliphatic rings. The van der Waals surface area contributed by atoms with E-state index in [1.54, 1.807) is 0 Å². The van der Waals surface area contributed by atoms with Crippen LogP contribution in [0.1, 0.15) is 40.5 Å². The van der Waals surface area contributed by atoms with Gasteiger partial charge in [0.15, 0.2) is 5.96 Å². The van der Waals surface area contributed by atoms with Crippen LogP contribution in [0.3, 0.4) is 0 Å². The summed E-state index contributed by atoms with van der Waals surface area (Å²) in [7, 11) is 0. The van der Waals surface area contributed by atoms with E-state index >= 15 is 0 Å². The van der Waals surface area contributed by atoms with Crippen molar-refractivity contribution < 1.29 is 9.47 Å². The van der Waals surface area contributed by atoms with Gasteiger partial charge in [0.1, 0.15) is 0 Å². The van der Waals surface area contributed by atoms with Gasteiger partial charge in [0, 0.05) is 32.3 Å². The fourth-order valence-corrected chi connectivity index (χ4v) is 2.70. The van der Waals surface area contributed by atoms with Gasteiger partial charge in [-0.25, -0.2) is 0 Å². The van der Waals surface area contributed by atoms with Crippen LogP contribution in [0, 0.1) is 0 Å². The van der Waals surface area contributed by atoms with Crippen molar-refractivity contribution in [3.8, 4) is 0 Å². The molecule has 24 heavy (non-hydrogen) atoms. The molecule has 7 heteroatoms. The second-order valence-electron chi connectivity index (χ2n) is 5.93. The summed E-state index contributed by atoms with van der Waals surface area (Å²) in [6, 6.07) is 0.464. The summed E-state index contributed by atoms with van der Waals surface area (Å²) in [5, 5.41) is 6.69. The summed E-state index contributed by atoms with van der Waals surface area (Å²) in [6.07, 6.45) is 2.31. The maximum absolute atomic E-state index is 5.77. The summed E-state index contributed by atoms with van der Waals surface area (Å²) in [6.45, 7) is 15.8. The highest BCUT2D eigenvalue weighted by Gasteiger charge is 2.15. The van der Waals surface area contributed by atoms with Crippen molar-refractivity contribution in [3.63, 3.8) is 0 Å². The molecule has 1 rings (SSSR count). The van der Waals surface area contributed by atoms with E-state index < -0.39 is 0 Å². The Balaban J connectivity index is 0.00000529. The van der Waals surface area contributed by atoms with Gasteiger partial charge in [-0.15, -0.1) is 24.0 Å². The number of rotatable bonds is 11. The molecule has 0 aromatic rings. The average molecular weight is 456 g/mol. The van der Waals surface area contributed by atoms with Crippen LogP contribution >= 0.6 is 24.0 Å². The zero-order valence-corrected chi connectivity index (χ0v) is 18.2. The van der Waals surface area contributed by atoms with Crippen LogP contribution < -0.4 is 10.6 Å². The molecule has 0 aromatic heterocycles. The van der Waals surface area contributed by atoms with E-state index in [0.717, 1.165) is 71.3 Å². The van der Waals surface area contributed by atoms with Crippen molar-refractivity contribution in [1.29, 1.82) is 0 Å². The number of hydrogen-bond acceptors (Lipinski definition) is 4. The van der Waals surface area contributed by atoms with Gasteiger partial charge in [0.25, 0.3) is 0 Å². The molecule has 1 saturated heterocycles. The van der Waals surface area contributed by atoms with E-state index in [9.17, 15) is 0 Å². The van der Waals surface area contributed by atoms with Gasteiger partial charge < -0.3 is 20.1 Å². The molecule has 0 radical (unpaired) electrons. The lowest BCUT2D eigenvalue weighted by molar-refractivity contribution is 0.0420. The Hall–Kier alpha value is -0.120. The minimum absolute atomic E-state index is 0. The van der Waals surface area contributed by atoms with Crippen molar-refractivity contribution in [3.05, 3.63) is 0 Å². The van der Waals surface area contributed by atoms with Gasteiger partial charge in [0.2, 0.25) is 0 Å². The Morgan fingerprint density at radius 2 is 2.04 bits per heavy atom. The van der Waals surface area contributed by atoms with E-state index in [-0.39, 0.29) is 24.0 Å². The SMILES string of the molecule is CCNC(=NCC(C)N(CC)CC)NCCCOC1CCOC1.I. The molecule has 144 valence electrons. The second-order valence-corrected chi connectivity index (χ2v) is 5.93. The lowest BCUT2D eigenvalue weighted by Gasteiger charge is -2.25. The van der Waals surface area contributed by atoms with Crippen molar-refractivity contribution in [2.75, 3.05) is 52.5 Å². The van der Waals surface area contributed by atoms with Gasteiger partial charge in [-0.1, -0.05) is 13.8 Å². The van der Waals surface area contributed by atoms with Crippen LogP contribution in [0.4, 0.5) is 0 Å². The van der Waals surface area contributed by atoms with E-state index in [4.69, 9.17) is 14.5 Å². The van der Waals surface area contributed by atoms with Crippen LogP contribution in [0.25, 0.3) is 0 Å². The first kappa shape index (κ1) is 23.9. The zero-order valence-electron chi connectivity index (χ0n) is 15.8. The zero-order chi connectivity index (χ0) is 16.9. The minimum atomic E-state index is 0. The summed E-state index contributed by atoms with van der Waals surface area (Å²) >= 11 is 0. The largest absolute Gasteiger partial charge is 0.379 e. The number of likely N-dealkylation sites (N-methyl/N-ethyl adjacent to an activating group) is 1. The van der Waals surface area contributed by atoms with Gasteiger partial charge in [0.05, 0.1) is 19.3 Å². The fraction of sp³-hybridized carbons (Fsp3) is 0.941. The Bertz CT molecular complexity index is 322. The van der Waals surface area contributed by atoms with Gasteiger partial charge in [-0.3, -0.25) is 9.89 Å². The molecule has 1 heterocycles. The molecule has 0 amide bonds. The highest BCUT2D eigenvalue weighted by atomic mass is 127. The van der Waals surface area contributed by atoms with Crippen LogP contribution in [0.5, 0.6) is 0 Å². The molecule has 0 bridgehead atoms. The maximum Gasteiger partial charge on any atom is 0.191 e. The minimum Gasteiger partial charge on any atom is -0.379 e. The standard InChI is InChI=1S/C17H36N4O2.HI/c1-5-18-17(20-13-15(4)21(6-2)7-3)19-10-8-11-23-16-9-12-22-14-16;/h15-16H,5-14H2,1-4H3,(H2,18,19,20);1H. The molecule has 0 spiro atoms. The molecule has 0 saturated carbocycles. The molecule has 2 atom stereocenters. The number of hydrogen-bond donors (Lipinski definition) is 2. The van der Waals surface area contributed by atoms with E-state index in [1.807, 2.05) is 0 Å². The van der Waals surface area contributed by atoms with E-state index in [2.05, 4.69) is 43.2 Å². The Labute approximate surface area is 165 Å². The lowest BCUT2D eigenvalue weighted by Crippen LogP contribution is -2.40. The molecular formula is C17H37IN4O2. The molecule has 2 N–H and O–H groups in total. The number of nitrogens with zero attached hydrogens (tertiary/aromatic N) is 2. The number of aliphatic imine (C=N–C) groups is 1. The van der Waals surface area contributed by atoms with Crippen LogP contribution in [0.15, 0.2) is 4.99 Å². The number of guanidine groups is 1. The number of halogens is 1. The molecular weight excluding hydrogens is 419 g/mol. The average Bonchev–Trinajstić information content (AvgIpc) is 3.06. The first-order chi connectivity index (χ1) is 11.2. The number of ether oxygens (including phenoxy) is 2. The van der Waals surface area contributed by atoms with Crippen molar-refractivity contribution >= 4 is 29.9 Å². The van der Waals surface area contributed by atoms with E-state index in [1.165, 1.54) is 0 Å². The summed E-state index contributed by atoms with van der Waals surface area (Å²) in [5.41, 5.74) is 0.